The molecule has 8 heteroatoms. The fourth-order valence-corrected chi connectivity index (χ4v) is 4.38. The molecule has 0 unspecified atom stereocenters. The molecular weight excluding hydrogens is 432 g/mol. The molecule has 0 bridgehead atoms. The van der Waals surface area contributed by atoms with Crippen molar-refractivity contribution in [1.82, 2.24) is 9.80 Å². The summed E-state index contributed by atoms with van der Waals surface area (Å²) in [6.45, 7) is 2.97. The monoisotopic (exact) mass is 462 g/mol. The number of amides is 3. The number of ether oxygens (including phenoxy) is 1. The van der Waals surface area contributed by atoms with Crippen LogP contribution in [0, 0.1) is 0 Å². The molecule has 0 saturated carbocycles. The van der Waals surface area contributed by atoms with E-state index in [0.717, 1.165) is 11.4 Å². The SMILES string of the molecule is CCOC(=O)N1CCC(N2C(=O)C(Nc3ccc(N(C)C)cc3)=C(c3ccccc3)C2=O)CC1. The number of piperidine rings is 1. The molecule has 178 valence electrons. The fourth-order valence-electron chi connectivity index (χ4n) is 4.38. The van der Waals surface area contributed by atoms with E-state index in [1.807, 2.05) is 73.6 Å². The Morgan fingerprint density at radius 1 is 1.00 bits per heavy atom. The third-order valence-corrected chi connectivity index (χ3v) is 6.19. The number of hydrogen-bond acceptors (Lipinski definition) is 6. The minimum Gasteiger partial charge on any atom is -0.450 e. The van der Waals surface area contributed by atoms with E-state index in [4.69, 9.17) is 4.74 Å². The summed E-state index contributed by atoms with van der Waals surface area (Å²) in [4.78, 5) is 44.2. The van der Waals surface area contributed by atoms with Crippen LogP contribution in [-0.2, 0) is 14.3 Å². The number of carbonyl (C=O) groups excluding carboxylic acids is 3. The molecule has 0 spiro atoms. The smallest absolute Gasteiger partial charge is 0.409 e. The molecule has 0 aromatic heterocycles. The van der Waals surface area contributed by atoms with Crippen LogP contribution >= 0.6 is 0 Å². The van der Waals surface area contributed by atoms with Crippen LogP contribution < -0.4 is 10.2 Å². The second kappa shape index (κ2) is 9.99. The maximum absolute atomic E-state index is 13.6. The Balaban J connectivity index is 1.59. The van der Waals surface area contributed by atoms with Crippen molar-refractivity contribution >= 4 is 34.9 Å². The first kappa shape index (κ1) is 23.4. The number of likely N-dealkylation sites (tertiary alicyclic amines) is 1. The van der Waals surface area contributed by atoms with E-state index in [0.29, 0.717) is 43.7 Å². The van der Waals surface area contributed by atoms with Crippen molar-refractivity contribution in [3.63, 3.8) is 0 Å². The summed E-state index contributed by atoms with van der Waals surface area (Å²) in [6.07, 6.45) is 0.679. The number of hydrogen-bond donors (Lipinski definition) is 1. The lowest BCUT2D eigenvalue weighted by Gasteiger charge is -2.35. The number of anilines is 2. The van der Waals surface area contributed by atoms with Gasteiger partial charge in [0.2, 0.25) is 0 Å². The average molecular weight is 463 g/mol. The van der Waals surface area contributed by atoms with Crippen LogP contribution in [0.2, 0.25) is 0 Å². The van der Waals surface area contributed by atoms with Gasteiger partial charge >= 0.3 is 6.09 Å². The highest BCUT2D eigenvalue weighted by atomic mass is 16.6. The van der Waals surface area contributed by atoms with Gasteiger partial charge < -0.3 is 19.9 Å². The Morgan fingerprint density at radius 3 is 2.24 bits per heavy atom. The van der Waals surface area contributed by atoms with Crippen LogP contribution in [0.15, 0.2) is 60.3 Å². The first-order valence-corrected chi connectivity index (χ1v) is 11.5. The zero-order valence-corrected chi connectivity index (χ0v) is 19.8. The van der Waals surface area contributed by atoms with E-state index < -0.39 is 0 Å². The van der Waals surface area contributed by atoms with E-state index in [1.165, 1.54) is 4.90 Å². The Bertz CT molecular complexity index is 1090. The summed E-state index contributed by atoms with van der Waals surface area (Å²) in [5.41, 5.74) is 3.11. The van der Waals surface area contributed by atoms with Gasteiger partial charge in [0, 0.05) is 44.6 Å². The summed E-state index contributed by atoms with van der Waals surface area (Å²) in [5, 5.41) is 3.21. The van der Waals surface area contributed by atoms with E-state index in [1.54, 1.807) is 11.8 Å². The van der Waals surface area contributed by atoms with Gasteiger partial charge in [-0.15, -0.1) is 0 Å². The van der Waals surface area contributed by atoms with Crippen LogP contribution in [0.4, 0.5) is 16.2 Å². The van der Waals surface area contributed by atoms with Crippen molar-refractivity contribution in [2.24, 2.45) is 0 Å². The topological polar surface area (TPSA) is 82.2 Å². The van der Waals surface area contributed by atoms with Crippen molar-refractivity contribution in [3.8, 4) is 0 Å². The highest BCUT2D eigenvalue weighted by molar-refractivity contribution is 6.36. The number of nitrogens with zero attached hydrogens (tertiary/aromatic N) is 3. The molecule has 2 aromatic carbocycles. The maximum Gasteiger partial charge on any atom is 0.409 e. The molecule has 0 radical (unpaired) electrons. The molecule has 4 rings (SSSR count). The molecule has 34 heavy (non-hydrogen) atoms. The normalized spacial score (nSPS) is 16.8. The van der Waals surface area contributed by atoms with Crippen LogP contribution in [0.5, 0.6) is 0 Å². The lowest BCUT2D eigenvalue weighted by Crippen LogP contribution is -2.49. The Hall–Kier alpha value is -3.81. The van der Waals surface area contributed by atoms with Gasteiger partial charge in [0.15, 0.2) is 0 Å². The standard InChI is InChI=1S/C26H30N4O4/c1-4-34-26(33)29-16-14-21(15-17-29)30-24(31)22(18-8-6-5-7-9-18)23(25(30)32)27-19-10-12-20(13-11-19)28(2)3/h5-13,21,27H,4,14-17H2,1-3H3. The Labute approximate surface area is 199 Å². The quantitative estimate of drug-likeness (QED) is 0.661. The van der Waals surface area contributed by atoms with Gasteiger partial charge in [-0.3, -0.25) is 14.5 Å². The summed E-state index contributed by atoms with van der Waals surface area (Å²) >= 11 is 0. The molecule has 2 heterocycles. The molecule has 1 N–H and O–H groups in total. The van der Waals surface area contributed by atoms with Gasteiger partial charge in [-0.2, -0.15) is 0 Å². The van der Waals surface area contributed by atoms with E-state index in [2.05, 4.69) is 5.32 Å². The molecule has 2 aliphatic rings. The van der Waals surface area contributed by atoms with E-state index >= 15 is 0 Å². The number of carbonyl (C=O) groups is 3. The third kappa shape index (κ3) is 4.62. The maximum atomic E-state index is 13.6. The molecule has 8 nitrogen and oxygen atoms in total. The summed E-state index contributed by atoms with van der Waals surface area (Å²) < 4.78 is 5.08. The number of imide groups is 1. The van der Waals surface area contributed by atoms with Crippen LogP contribution in [0.3, 0.4) is 0 Å². The van der Waals surface area contributed by atoms with Crippen LogP contribution in [0.1, 0.15) is 25.3 Å². The molecule has 2 aliphatic heterocycles. The molecule has 0 aliphatic carbocycles. The summed E-state index contributed by atoms with van der Waals surface area (Å²) in [6, 6.07) is 16.7. The summed E-state index contributed by atoms with van der Waals surface area (Å²) in [5.74, 6) is -0.645. The van der Waals surface area contributed by atoms with Gasteiger partial charge in [0.05, 0.1) is 12.2 Å². The van der Waals surface area contributed by atoms with Gasteiger partial charge in [0.1, 0.15) is 5.70 Å². The molecular formula is C26H30N4O4. The number of nitrogens with one attached hydrogen (secondary N) is 1. The Morgan fingerprint density at radius 2 is 1.65 bits per heavy atom. The van der Waals surface area contributed by atoms with Crippen molar-refractivity contribution in [1.29, 1.82) is 0 Å². The second-order valence-electron chi connectivity index (χ2n) is 8.58. The van der Waals surface area contributed by atoms with Crippen molar-refractivity contribution < 1.29 is 19.1 Å². The number of benzene rings is 2. The largest absolute Gasteiger partial charge is 0.450 e. The molecule has 0 atom stereocenters. The third-order valence-electron chi connectivity index (χ3n) is 6.19. The van der Waals surface area contributed by atoms with Gasteiger partial charge in [0.25, 0.3) is 11.8 Å². The zero-order valence-electron chi connectivity index (χ0n) is 19.8. The second-order valence-corrected chi connectivity index (χ2v) is 8.58. The first-order chi connectivity index (χ1) is 16.4. The predicted molar refractivity (Wildman–Crippen MR) is 131 cm³/mol. The zero-order chi connectivity index (χ0) is 24.2. The molecule has 1 saturated heterocycles. The minimum atomic E-state index is -0.355. The van der Waals surface area contributed by atoms with Gasteiger partial charge in [-0.1, -0.05) is 30.3 Å². The van der Waals surface area contributed by atoms with Crippen molar-refractivity contribution in [2.75, 3.05) is 44.0 Å². The highest BCUT2D eigenvalue weighted by Crippen LogP contribution is 2.34. The van der Waals surface area contributed by atoms with Gasteiger partial charge in [-0.25, -0.2) is 4.79 Å². The van der Waals surface area contributed by atoms with Crippen molar-refractivity contribution in [3.05, 3.63) is 65.9 Å². The first-order valence-electron chi connectivity index (χ1n) is 11.5. The summed E-state index contributed by atoms with van der Waals surface area (Å²) in [7, 11) is 3.92. The van der Waals surface area contributed by atoms with E-state index in [-0.39, 0.29) is 29.6 Å². The lowest BCUT2D eigenvalue weighted by atomic mass is 10.0. The van der Waals surface area contributed by atoms with E-state index in [9.17, 15) is 14.4 Å². The minimum absolute atomic E-state index is 0.278. The van der Waals surface area contributed by atoms with Crippen LogP contribution in [-0.4, -0.2) is 67.5 Å². The lowest BCUT2D eigenvalue weighted by molar-refractivity contribution is -0.140. The molecule has 2 aromatic rings. The Kier molecular flexibility index (Phi) is 6.86. The average Bonchev–Trinajstić information content (AvgIpc) is 3.09. The number of rotatable bonds is 6. The molecule has 1 fully saturated rings. The fraction of sp³-hybridized carbons (Fsp3) is 0.346. The van der Waals surface area contributed by atoms with Crippen molar-refractivity contribution in [2.45, 2.75) is 25.8 Å². The molecule has 3 amide bonds. The van der Waals surface area contributed by atoms with Crippen LogP contribution in [0.25, 0.3) is 5.57 Å². The predicted octanol–water partition coefficient (Wildman–Crippen LogP) is 3.57. The highest BCUT2D eigenvalue weighted by Gasteiger charge is 2.44. The van der Waals surface area contributed by atoms with Gasteiger partial charge in [-0.05, 0) is 49.6 Å².